The van der Waals surface area contributed by atoms with Gasteiger partial charge in [-0.1, -0.05) is 31.2 Å². The van der Waals surface area contributed by atoms with E-state index < -0.39 is 0 Å². The molecule has 88 valence electrons. The summed E-state index contributed by atoms with van der Waals surface area (Å²) in [5.74, 6) is 0.887. The summed E-state index contributed by atoms with van der Waals surface area (Å²) >= 11 is 0. The zero-order chi connectivity index (χ0) is 12.0. The molecule has 2 heteroatoms. The molecule has 0 amide bonds. The molecule has 1 unspecified atom stereocenters. The summed E-state index contributed by atoms with van der Waals surface area (Å²) in [7, 11) is 0. The largest absolute Gasteiger partial charge is 0.494 e. The molecule has 0 saturated carbocycles. The van der Waals surface area contributed by atoms with E-state index in [0.717, 1.165) is 24.2 Å². The molecule has 1 aromatic rings. The molecule has 0 radical (unpaired) electrons. The SMILES string of the molecule is C=C(CC)CC(N)c1cccc(OCC)c1. The van der Waals surface area contributed by atoms with E-state index >= 15 is 0 Å². The molecule has 0 aliphatic rings. The Morgan fingerprint density at radius 2 is 2.19 bits per heavy atom. The van der Waals surface area contributed by atoms with Gasteiger partial charge in [0.25, 0.3) is 0 Å². The van der Waals surface area contributed by atoms with E-state index in [9.17, 15) is 0 Å². The number of rotatable bonds is 6. The van der Waals surface area contributed by atoms with Gasteiger partial charge in [0.1, 0.15) is 5.75 Å². The van der Waals surface area contributed by atoms with Gasteiger partial charge in [-0.25, -0.2) is 0 Å². The Morgan fingerprint density at radius 3 is 2.81 bits per heavy atom. The molecule has 0 fully saturated rings. The third kappa shape index (κ3) is 3.70. The average molecular weight is 219 g/mol. The van der Waals surface area contributed by atoms with Gasteiger partial charge in [-0.15, -0.1) is 0 Å². The molecule has 1 atom stereocenters. The first kappa shape index (κ1) is 12.8. The van der Waals surface area contributed by atoms with Crippen LogP contribution < -0.4 is 10.5 Å². The fourth-order valence-electron chi connectivity index (χ4n) is 1.57. The minimum atomic E-state index is 0.0212. The van der Waals surface area contributed by atoms with Crippen LogP contribution in [0.15, 0.2) is 36.4 Å². The first-order valence-corrected chi connectivity index (χ1v) is 5.82. The Hall–Kier alpha value is -1.28. The van der Waals surface area contributed by atoms with E-state index in [1.54, 1.807) is 0 Å². The Morgan fingerprint density at radius 1 is 1.44 bits per heavy atom. The summed E-state index contributed by atoms with van der Waals surface area (Å²) in [6, 6.07) is 8.00. The quantitative estimate of drug-likeness (QED) is 0.744. The predicted molar refractivity (Wildman–Crippen MR) is 68.6 cm³/mol. The summed E-state index contributed by atoms with van der Waals surface area (Å²) in [6.07, 6.45) is 1.82. The van der Waals surface area contributed by atoms with Gasteiger partial charge in [-0.05, 0) is 37.5 Å². The van der Waals surface area contributed by atoms with Gasteiger partial charge >= 0.3 is 0 Å². The van der Waals surface area contributed by atoms with E-state index in [2.05, 4.69) is 13.5 Å². The smallest absolute Gasteiger partial charge is 0.119 e. The fraction of sp³-hybridized carbons (Fsp3) is 0.429. The third-order valence-electron chi connectivity index (χ3n) is 2.61. The van der Waals surface area contributed by atoms with Crippen LogP contribution >= 0.6 is 0 Å². The number of hydrogen-bond acceptors (Lipinski definition) is 2. The number of nitrogens with two attached hydrogens (primary N) is 1. The highest BCUT2D eigenvalue weighted by molar-refractivity contribution is 5.31. The van der Waals surface area contributed by atoms with E-state index in [1.807, 2.05) is 31.2 Å². The molecule has 1 aromatic carbocycles. The molecule has 1 rings (SSSR count). The molecule has 0 aliphatic heterocycles. The van der Waals surface area contributed by atoms with Crippen LogP contribution in [0.5, 0.6) is 5.75 Å². The first-order valence-electron chi connectivity index (χ1n) is 5.82. The minimum absolute atomic E-state index is 0.0212. The predicted octanol–water partition coefficient (Wildman–Crippen LogP) is 3.44. The average Bonchev–Trinajstić information content (AvgIpc) is 2.29. The van der Waals surface area contributed by atoms with E-state index in [0.29, 0.717) is 6.61 Å². The summed E-state index contributed by atoms with van der Waals surface area (Å²) in [4.78, 5) is 0. The lowest BCUT2D eigenvalue weighted by Gasteiger charge is -2.14. The second-order valence-electron chi connectivity index (χ2n) is 3.92. The van der Waals surface area contributed by atoms with Crippen molar-refractivity contribution in [3.8, 4) is 5.75 Å². The third-order valence-corrected chi connectivity index (χ3v) is 2.61. The lowest BCUT2D eigenvalue weighted by Crippen LogP contribution is -2.11. The van der Waals surface area contributed by atoms with Crippen LogP contribution in [0.4, 0.5) is 0 Å². The van der Waals surface area contributed by atoms with Gasteiger partial charge in [0.05, 0.1) is 6.61 Å². The molecule has 2 N–H and O–H groups in total. The maximum Gasteiger partial charge on any atom is 0.119 e. The molecule has 0 bridgehead atoms. The van der Waals surface area contributed by atoms with E-state index in [-0.39, 0.29) is 6.04 Å². The van der Waals surface area contributed by atoms with Crippen molar-refractivity contribution >= 4 is 0 Å². The van der Waals surface area contributed by atoms with Crippen molar-refractivity contribution in [3.63, 3.8) is 0 Å². The lowest BCUT2D eigenvalue weighted by molar-refractivity contribution is 0.339. The van der Waals surface area contributed by atoms with Crippen LogP contribution in [0.3, 0.4) is 0 Å². The number of ether oxygens (including phenoxy) is 1. The lowest BCUT2D eigenvalue weighted by atomic mass is 9.99. The van der Waals surface area contributed by atoms with E-state index in [1.165, 1.54) is 5.57 Å². The van der Waals surface area contributed by atoms with Gasteiger partial charge in [-0.3, -0.25) is 0 Å². The van der Waals surface area contributed by atoms with Crippen LogP contribution in [0.25, 0.3) is 0 Å². The molecular formula is C14H21NO. The molecule has 2 nitrogen and oxygen atoms in total. The molecule has 0 heterocycles. The molecular weight excluding hydrogens is 198 g/mol. The van der Waals surface area contributed by atoms with E-state index in [4.69, 9.17) is 10.5 Å². The summed E-state index contributed by atoms with van der Waals surface area (Å²) in [5, 5.41) is 0. The van der Waals surface area contributed by atoms with Crippen LogP contribution in [0.1, 0.15) is 38.3 Å². The molecule has 16 heavy (non-hydrogen) atoms. The van der Waals surface area contributed by atoms with Crippen LogP contribution in [0, 0.1) is 0 Å². The fourth-order valence-corrected chi connectivity index (χ4v) is 1.57. The highest BCUT2D eigenvalue weighted by Gasteiger charge is 2.07. The number of hydrogen-bond donors (Lipinski definition) is 1. The normalized spacial score (nSPS) is 12.2. The van der Waals surface area contributed by atoms with Crippen molar-refractivity contribution < 1.29 is 4.74 Å². The van der Waals surface area contributed by atoms with Crippen LogP contribution in [0.2, 0.25) is 0 Å². The van der Waals surface area contributed by atoms with Crippen molar-refractivity contribution in [1.82, 2.24) is 0 Å². The van der Waals surface area contributed by atoms with Crippen molar-refractivity contribution in [2.24, 2.45) is 5.73 Å². The highest BCUT2D eigenvalue weighted by Crippen LogP contribution is 2.23. The van der Waals surface area contributed by atoms with Gasteiger partial charge < -0.3 is 10.5 Å². The van der Waals surface area contributed by atoms with Crippen LogP contribution in [-0.4, -0.2) is 6.61 Å². The Kier molecular flexibility index (Phi) is 5.06. The Bertz CT molecular complexity index is 346. The second-order valence-corrected chi connectivity index (χ2v) is 3.92. The molecule has 0 aliphatic carbocycles. The topological polar surface area (TPSA) is 35.2 Å². The van der Waals surface area contributed by atoms with Crippen molar-refractivity contribution in [3.05, 3.63) is 42.0 Å². The van der Waals surface area contributed by atoms with Gasteiger partial charge in [-0.2, -0.15) is 0 Å². The number of benzene rings is 1. The van der Waals surface area contributed by atoms with Gasteiger partial charge in [0, 0.05) is 6.04 Å². The molecule has 0 spiro atoms. The van der Waals surface area contributed by atoms with Crippen molar-refractivity contribution in [2.45, 2.75) is 32.7 Å². The summed E-state index contributed by atoms with van der Waals surface area (Å²) < 4.78 is 5.45. The second kappa shape index (κ2) is 6.33. The van der Waals surface area contributed by atoms with Gasteiger partial charge in [0.15, 0.2) is 0 Å². The van der Waals surface area contributed by atoms with Crippen LogP contribution in [-0.2, 0) is 0 Å². The maximum absolute atomic E-state index is 6.12. The first-order chi connectivity index (χ1) is 7.67. The molecule has 0 saturated heterocycles. The Balaban J connectivity index is 2.71. The zero-order valence-corrected chi connectivity index (χ0v) is 10.2. The van der Waals surface area contributed by atoms with Crippen molar-refractivity contribution in [1.29, 1.82) is 0 Å². The highest BCUT2D eigenvalue weighted by atomic mass is 16.5. The monoisotopic (exact) mass is 219 g/mol. The zero-order valence-electron chi connectivity index (χ0n) is 10.2. The van der Waals surface area contributed by atoms with Crippen molar-refractivity contribution in [2.75, 3.05) is 6.61 Å². The van der Waals surface area contributed by atoms with Gasteiger partial charge in [0.2, 0.25) is 0 Å². The standard InChI is InChI=1S/C14H21NO/c1-4-11(3)9-14(15)12-7-6-8-13(10-12)16-5-2/h6-8,10,14H,3-5,9,15H2,1-2H3. The maximum atomic E-state index is 6.12. The minimum Gasteiger partial charge on any atom is -0.494 e. The molecule has 0 aromatic heterocycles. The summed E-state index contributed by atoms with van der Waals surface area (Å²) in [6.45, 7) is 8.75. The Labute approximate surface area is 98.1 Å². The summed E-state index contributed by atoms with van der Waals surface area (Å²) in [5.41, 5.74) is 8.42.